The molecule has 0 radical (unpaired) electrons. The van der Waals surface area contributed by atoms with Gasteiger partial charge in [-0.15, -0.1) is 0 Å². The van der Waals surface area contributed by atoms with Crippen LogP contribution in [0.5, 0.6) is 0 Å². The predicted molar refractivity (Wildman–Crippen MR) is 36.0 cm³/mol. The van der Waals surface area contributed by atoms with Crippen molar-refractivity contribution in [3.63, 3.8) is 0 Å². The lowest BCUT2D eigenvalue weighted by molar-refractivity contribution is -0.127. The molecule has 0 heterocycles. The normalized spacial score (nSPS) is 10.6. The van der Waals surface area contributed by atoms with Crippen LogP contribution in [0.3, 0.4) is 0 Å². The van der Waals surface area contributed by atoms with Crippen LogP contribution in [0.4, 0.5) is 0 Å². The van der Waals surface area contributed by atoms with Crippen molar-refractivity contribution in [3.8, 4) is 0 Å². The van der Waals surface area contributed by atoms with Gasteiger partial charge in [-0.3, -0.25) is 4.79 Å². The van der Waals surface area contributed by atoms with E-state index in [0.717, 1.165) is 5.57 Å². The van der Waals surface area contributed by atoms with E-state index in [2.05, 4.69) is 11.3 Å². The Morgan fingerprint density at radius 3 is 2.89 bits per heavy atom. The number of allylic oxidation sites excluding steroid dienone is 2. The second kappa shape index (κ2) is 5.09. The zero-order valence-corrected chi connectivity index (χ0v) is 5.46. The minimum Gasteiger partial charge on any atom is -0.463 e. The summed E-state index contributed by atoms with van der Waals surface area (Å²) in [5, 5.41) is 0. The van der Waals surface area contributed by atoms with Gasteiger partial charge in [0.25, 0.3) is 6.47 Å². The van der Waals surface area contributed by atoms with Gasteiger partial charge < -0.3 is 4.74 Å². The molecule has 0 aromatic carbocycles. The molecular formula is C7H10O2. The molecule has 0 aliphatic rings. The fourth-order valence-electron chi connectivity index (χ4n) is 0.415. The molecule has 0 saturated carbocycles. The highest BCUT2D eigenvalue weighted by molar-refractivity contribution is 5.37. The van der Waals surface area contributed by atoms with Crippen molar-refractivity contribution >= 4 is 6.47 Å². The van der Waals surface area contributed by atoms with E-state index in [1.54, 1.807) is 12.2 Å². The molecule has 0 aromatic rings. The van der Waals surface area contributed by atoms with E-state index in [9.17, 15) is 4.79 Å². The summed E-state index contributed by atoms with van der Waals surface area (Å²) in [6.45, 7) is 6.14. The lowest BCUT2D eigenvalue weighted by Gasteiger charge is -1.94. The van der Waals surface area contributed by atoms with Gasteiger partial charge >= 0.3 is 0 Å². The van der Waals surface area contributed by atoms with Crippen molar-refractivity contribution in [3.05, 3.63) is 24.3 Å². The molecule has 0 N–H and O–H groups in total. The number of rotatable bonds is 4. The van der Waals surface area contributed by atoms with Gasteiger partial charge in [0.2, 0.25) is 0 Å². The molecular weight excluding hydrogens is 116 g/mol. The van der Waals surface area contributed by atoms with E-state index in [1.165, 1.54) is 0 Å². The zero-order valence-electron chi connectivity index (χ0n) is 5.46. The van der Waals surface area contributed by atoms with Gasteiger partial charge in [-0.05, 0) is 12.5 Å². The monoisotopic (exact) mass is 126 g/mol. The minimum absolute atomic E-state index is 0.357. The first kappa shape index (κ1) is 7.95. The summed E-state index contributed by atoms with van der Waals surface area (Å²) in [7, 11) is 0. The lowest BCUT2D eigenvalue weighted by atomic mass is 10.3. The molecule has 0 saturated heterocycles. The van der Waals surface area contributed by atoms with Crippen LogP contribution in [-0.2, 0) is 9.53 Å². The van der Waals surface area contributed by atoms with Crippen molar-refractivity contribution in [1.29, 1.82) is 0 Å². The molecule has 0 fully saturated rings. The van der Waals surface area contributed by atoms with Gasteiger partial charge in [0.1, 0.15) is 6.61 Å². The van der Waals surface area contributed by atoms with Gasteiger partial charge in [-0.1, -0.05) is 18.7 Å². The Bertz CT molecular complexity index is 125. The van der Waals surface area contributed by atoms with Gasteiger partial charge in [-0.25, -0.2) is 0 Å². The van der Waals surface area contributed by atoms with Crippen molar-refractivity contribution in [1.82, 2.24) is 0 Å². The summed E-state index contributed by atoms with van der Waals surface area (Å²) in [5.41, 5.74) is 0.983. The first-order valence-electron chi connectivity index (χ1n) is 2.64. The molecule has 2 heteroatoms. The highest BCUT2D eigenvalue weighted by atomic mass is 16.5. The van der Waals surface area contributed by atoms with E-state index in [-0.39, 0.29) is 0 Å². The molecule has 0 spiro atoms. The maximum Gasteiger partial charge on any atom is 0.293 e. The molecule has 0 rings (SSSR count). The minimum atomic E-state index is 0.357. The van der Waals surface area contributed by atoms with Crippen LogP contribution < -0.4 is 0 Å². The Morgan fingerprint density at radius 2 is 2.44 bits per heavy atom. The van der Waals surface area contributed by atoms with Gasteiger partial charge in [-0.2, -0.15) is 0 Å². The highest BCUT2D eigenvalue weighted by Crippen LogP contribution is 1.91. The van der Waals surface area contributed by atoms with Crippen LogP contribution >= 0.6 is 0 Å². The highest BCUT2D eigenvalue weighted by Gasteiger charge is 1.83. The number of hydrogen-bond acceptors (Lipinski definition) is 2. The van der Waals surface area contributed by atoms with Crippen LogP contribution in [0.15, 0.2) is 24.3 Å². The first-order chi connectivity index (χ1) is 4.31. The van der Waals surface area contributed by atoms with E-state index in [0.29, 0.717) is 13.1 Å². The fourth-order valence-corrected chi connectivity index (χ4v) is 0.415. The quantitative estimate of drug-likeness (QED) is 0.419. The van der Waals surface area contributed by atoms with Crippen molar-refractivity contribution in [2.75, 3.05) is 6.61 Å². The zero-order chi connectivity index (χ0) is 7.11. The van der Waals surface area contributed by atoms with E-state index >= 15 is 0 Å². The Labute approximate surface area is 54.8 Å². The van der Waals surface area contributed by atoms with Gasteiger partial charge in [0, 0.05) is 0 Å². The Morgan fingerprint density at radius 1 is 1.78 bits per heavy atom. The summed E-state index contributed by atoms with van der Waals surface area (Å²) in [5.74, 6) is 0. The smallest absolute Gasteiger partial charge is 0.293 e. The van der Waals surface area contributed by atoms with Gasteiger partial charge in [0.15, 0.2) is 0 Å². The number of carbonyl (C=O) groups is 1. The largest absolute Gasteiger partial charge is 0.463 e. The van der Waals surface area contributed by atoms with Crippen LogP contribution in [0.1, 0.15) is 6.92 Å². The second-order valence-corrected chi connectivity index (χ2v) is 1.66. The summed E-state index contributed by atoms with van der Waals surface area (Å²) in [6.07, 6.45) is 3.45. The molecule has 0 amide bonds. The Hall–Kier alpha value is -1.05. The number of ether oxygens (including phenoxy) is 1. The van der Waals surface area contributed by atoms with E-state index < -0.39 is 0 Å². The molecule has 0 aliphatic carbocycles. The van der Waals surface area contributed by atoms with Crippen LogP contribution in [0, 0.1) is 0 Å². The average molecular weight is 126 g/mol. The number of carbonyl (C=O) groups excluding carboxylic acids is 1. The predicted octanol–water partition coefficient (Wildman–Crippen LogP) is 1.29. The Balaban J connectivity index is 3.47. The van der Waals surface area contributed by atoms with E-state index in [1.807, 2.05) is 6.92 Å². The van der Waals surface area contributed by atoms with Crippen LogP contribution in [0.25, 0.3) is 0 Å². The van der Waals surface area contributed by atoms with Crippen LogP contribution in [-0.4, -0.2) is 13.1 Å². The topological polar surface area (TPSA) is 26.3 Å². The second-order valence-electron chi connectivity index (χ2n) is 1.66. The summed E-state index contributed by atoms with van der Waals surface area (Å²) < 4.78 is 4.45. The number of hydrogen-bond donors (Lipinski definition) is 0. The van der Waals surface area contributed by atoms with Crippen LogP contribution in [0.2, 0.25) is 0 Å². The molecule has 0 bridgehead atoms. The summed E-state index contributed by atoms with van der Waals surface area (Å²) >= 11 is 0. The third kappa shape index (κ3) is 4.81. The third-order valence-corrected chi connectivity index (χ3v) is 0.781. The molecule has 2 nitrogen and oxygen atoms in total. The van der Waals surface area contributed by atoms with Crippen molar-refractivity contribution in [2.45, 2.75) is 6.92 Å². The van der Waals surface area contributed by atoms with Crippen molar-refractivity contribution in [2.24, 2.45) is 0 Å². The SMILES string of the molecule is C=C/C=C(\C)COC=O. The third-order valence-electron chi connectivity index (χ3n) is 0.781. The molecule has 0 unspecified atom stereocenters. The molecule has 0 aliphatic heterocycles. The molecule has 50 valence electrons. The van der Waals surface area contributed by atoms with Gasteiger partial charge in [0.05, 0.1) is 0 Å². The van der Waals surface area contributed by atoms with E-state index in [4.69, 9.17) is 0 Å². The molecule has 0 atom stereocenters. The lowest BCUT2D eigenvalue weighted by Crippen LogP contribution is -1.91. The molecule has 9 heavy (non-hydrogen) atoms. The standard InChI is InChI=1S/C7H10O2/c1-3-4-7(2)5-9-6-8/h3-4,6H,1,5H2,2H3/b7-4+. The van der Waals surface area contributed by atoms with Crippen molar-refractivity contribution < 1.29 is 9.53 Å². The summed E-state index contributed by atoms with van der Waals surface area (Å²) in [6, 6.07) is 0. The fraction of sp³-hybridized carbons (Fsp3) is 0.286. The molecule has 0 aromatic heterocycles. The maximum absolute atomic E-state index is 9.64. The maximum atomic E-state index is 9.64. The Kier molecular flexibility index (Phi) is 4.50. The first-order valence-corrected chi connectivity index (χ1v) is 2.64. The average Bonchev–Trinajstić information content (AvgIpc) is 1.85. The summed E-state index contributed by atoms with van der Waals surface area (Å²) in [4.78, 5) is 9.64.